The maximum atomic E-state index is 5.19. The first-order chi connectivity index (χ1) is 9.40. The molecule has 0 spiro atoms. The molecule has 4 rings (SSSR count). The lowest BCUT2D eigenvalue weighted by molar-refractivity contribution is -0.0286. The molecule has 0 unspecified atom stereocenters. The standard InChI is InChI=1S/C14H14N4O/c1-2-15-4-11-3-10(5-16-14(1)11)12-6-17-18(7-12)13-8-19-9-13/h3-7,13H,1-2,8-9H2. The summed E-state index contributed by atoms with van der Waals surface area (Å²) in [5, 5.41) is 4.40. The number of hydrogen-bond acceptors (Lipinski definition) is 4. The van der Waals surface area contributed by atoms with Gasteiger partial charge in [0, 0.05) is 48.3 Å². The molecule has 5 nitrogen and oxygen atoms in total. The van der Waals surface area contributed by atoms with Crippen LogP contribution in [-0.2, 0) is 11.2 Å². The highest BCUT2D eigenvalue weighted by Gasteiger charge is 2.21. The summed E-state index contributed by atoms with van der Waals surface area (Å²) in [4.78, 5) is 8.84. The third kappa shape index (κ3) is 1.86. The van der Waals surface area contributed by atoms with Gasteiger partial charge in [-0.15, -0.1) is 0 Å². The average Bonchev–Trinajstić information content (AvgIpc) is 2.85. The van der Waals surface area contributed by atoms with Gasteiger partial charge in [-0.3, -0.25) is 14.7 Å². The van der Waals surface area contributed by atoms with Crippen molar-refractivity contribution in [2.24, 2.45) is 4.99 Å². The van der Waals surface area contributed by atoms with Crippen LogP contribution in [0.3, 0.4) is 0 Å². The molecule has 0 radical (unpaired) electrons. The molecular weight excluding hydrogens is 240 g/mol. The Hall–Kier alpha value is -2.01. The van der Waals surface area contributed by atoms with E-state index in [1.807, 2.05) is 23.3 Å². The van der Waals surface area contributed by atoms with E-state index in [9.17, 15) is 0 Å². The summed E-state index contributed by atoms with van der Waals surface area (Å²) in [6.07, 6.45) is 8.74. The molecule has 5 heteroatoms. The summed E-state index contributed by atoms with van der Waals surface area (Å²) in [5.41, 5.74) is 4.46. The molecule has 0 bridgehead atoms. The van der Waals surface area contributed by atoms with Crippen molar-refractivity contribution >= 4 is 6.21 Å². The largest absolute Gasteiger partial charge is 0.377 e. The van der Waals surface area contributed by atoms with Crippen LogP contribution in [0.15, 0.2) is 29.6 Å². The molecular formula is C14H14N4O. The lowest BCUT2D eigenvalue weighted by Crippen LogP contribution is -2.30. The normalized spacial score (nSPS) is 18.1. The average molecular weight is 254 g/mol. The van der Waals surface area contributed by atoms with E-state index in [1.165, 1.54) is 0 Å². The number of rotatable bonds is 2. The van der Waals surface area contributed by atoms with Crippen LogP contribution in [0.1, 0.15) is 17.3 Å². The molecule has 2 aromatic rings. The molecule has 2 aliphatic rings. The monoisotopic (exact) mass is 254 g/mol. The number of pyridine rings is 1. The fraction of sp³-hybridized carbons (Fsp3) is 0.357. The van der Waals surface area contributed by atoms with Crippen LogP contribution >= 0.6 is 0 Å². The molecule has 2 aromatic heterocycles. The third-order valence-electron chi connectivity index (χ3n) is 3.64. The minimum absolute atomic E-state index is 0.390. The first-order valence-corrected chi connectivity index (χ1v) is 6.51. The minimum Gasteiger partial charge on any atom is -0.377 e. The van der Waals surface area contributed by atoms with Crippen molar-refractivity contribution in [3.63, 3.8) is 0 Å². The van der Waals surface area contributed by atoms with Crippen molar-refractivity contribution in [3.8, 4) is 11.1 Å². The summed E-state index contributed by atoms with van der Waals surface area (Å²) in [5.74, 6) is 0. The molecule has 0 aliphatic carbocycles. The Bertz CT molecular complexity index is 643. The summed E-state index contributed by atoms with van der Waals surface area (Å²) < 4.78 is 7.17. The lowest BCUT2D eigenvalue weighted by atomic mass is 10.0. The number of aromatic nitrogens is 3. The van der Waals surface area contributed by atoms with Gasteiger partial charge in [-0.2, -0.15) is 5.10 Å². The van der Waals surface area contributed by atoms with Crippen molar-refractivity contribution in [2.75, 3.05) is 19.8 Å². The molecule has 1 saturated heterocycles. The van der Waals surface area contributed by atoms with Crippen LogP contribution in [0.4, 0.5) is 0 Å². The highest BCUT2D eigenvalue weighted by atomic mass is 16.5. The molecule has 0 aromatic carbocycles. The van der Waals surface area contributed by atoms with E-state index in [2.05, 4.69) is 27.3 Å². The van der Waals surface area contributed by atoms with Gasteiger partial charge in [-0.25, -0.2) is 0 Å². The van der Waals surface area contributed by atoms with Gasteiger partial charge in [0.1, 0.15) is 0 Å². The summed E-state index contributed by atoms with van der Waals surface area (Å²) in [6.45, 7) is 2.37. The zero-order valence-electron chi connectivity index (χ0n) is 10.5. The highest BCUT2D eigenvalue weighted by Crippen LogP contribution is 2.24. The number of fused-ring (bicyclic) bond motifs is 1. The maximum absolute atomic E-state index is 5.19. The highest BCUT2D eigenvalue weighted by molar-refractivity contribution is 5.84. The number of ether oxygens (including phenoxy) is 1. The van der Waals surface area contributed by atoms with Gasteiger partial charge in [0.15, 0.2) is 0 Å². The quantitative estimate of drug-likeness (QED) is 0.816. The summed E-state index contributed by atoms with van der Waals surface area (Å²) >= 11 is 0. The Kier molecular flexibility index (Phi) is 2.45. The van der Waals surface area contributed by atoms with Gasteiger partial charge in [-0.05, 0) is 6.07 Å². The van der Waals surface area contributed by atoms with Crippen molar-refractivity contribution < 1.29 is 4.74 Å². The van der Waals surface area contributed by atoms with Crippen LogP contribution in [0.5, 0.6) is 0 Å². The molecule has 0 amide bonds. The fourth-order valence-electron chi connectivity index (χ4n) is 2.38. The topological polar surface area (TPSA) is 52.3 Å². The number of nitrogens with zero attached hydrogens (tertiary/aromatic N) is 4. The van der Waals surface area contributed by atoms with E-state index >= 15 is 0 Å². The zero-order chi connectivity index (χ0) is 12.7. The van der Waals surface area contributed by atoms with E-state index in [0.29, 0.717) is 6.04 Å². The van der Waals surface area contributed by atoms with E-state index in [1.54, 1.807) is 0 Å². The predicted octanol–water partition coefficient (Wildman–Crippen LogP) is 1.49. The number of aliphatic imine (C=N–C) groups is 1. The zero-order valence-corrected chi connectivity index (χ0v) is 10.5. The molecule has 0 atom stereocenters. The van der Waals surface area contributed by atoms with Gasteiger partial charge in [0.25, 0.3) is 0 Å². The van der Waals surface area contributed by atoms with E-state index in [4.69, 9.17) is 4.74 Å². The van der Waals surface area contributed by atoms with Crippen LogP contribution in [0.25, 0.3) is 11.1 Å². The van der Waals surface area contributed by atoms with Crippen molar-refractivity contribution in [3.05, 3.63) is 35.9 Å². The SMILES string of the molecule is C1=NCCc2ncc(-c3cnn(C4COC4)c3)cc21. The lowest BCUT2D eigenvalue weighted by Gasteiger charge is -2.25. The second-order valence-corrected chi connectivity index (χ2v) is 4.95. The van der Waals surface area contributed by atoms with Crippen LogP contribution in [0.2, 0.25) is 0 Å². The number of hydrogen-bond donors (Lipinski definition) is 0. The second kappa shape index (κ2) is 4.28. The van der Waals surface area contributed by atoms with Crippen molar-refractivity contribution in [1.82, 2.24) is 14.8 Å². The Morgan fingerprint density at radius 3 is 3.00 bits per heavy atom. The first kappa shape index (κ1) is 10.9. The third-order valence-corrected chi connectivity index (χ3v) is 3.64. The molecule has 0 saturated carbocycles. The van der Waals surface area contributed by atoms with E-state index in [0.717, 1.165) is 48.6 Å². The van der Waals surface area contributed by atoms with Gasteiger partial charge >= 0.3 is 0 Å². The summed E-state index contributed by atoms with van der Waals surface area (Å²) in [6, 6.07) is 2.53. The molecule has 96 valence electrons. The Morgan fingerprint density at radius 2 is 2.16 bits per heavy atom. The van der Waals surface area contributed by atoms with Crippen molar-refractivity contribution in [1.29, 1.82) is 0 Å². The Labute approximate surface area is 111 Å². The van der Waals surface area contributed by atoms with Gasteiger partial charge in [-0.1, -0.05) is 0 Å². The molecule has 2 aliphatic heterocycles. The van der Waals surface area contributed by atoms with Crippen LogP contribution in [0, 0.1) is 0 Å². The first-order valence-electron chi connectivity index (χ1n) is 6.51. The van der Waals surface area contributed by atoms with Crippen LogP contribution in [-0.4, -0.2) is 40.7 Å². The van der Waals surface area contributed by atoms with Crippen molar-refractivity contribution in [2.45, 2.75) is 12.5 Å². The molecule has 0 N–H and O–H groups in total. The fourth-order valence-corrected chi connectivity index (χ4v) is 2.38. The van der Waals surface area contributed by atoms with E-state index < -0.39 is 0 Å². The van der Waals surface area contributed by atoms with Gasteiger partial charge in [0.2, 0.25) is 0 Å². The second-order valence-electron chi connectivity index (χ2n) is 4.95. The maximum Gasteiger partial charge on any atom is 0.0985 e. The molecule has 1 fully saturated rings. The summed E-state index contributed by atoms with van der Waals surface area (Å²) in [7, 11) is 0. The Morgan fingerprint density at radius 1 is 1.21 bits per heavy atom. The smallest absolute Gasteiger partial charge is 0.0985 e. The molecule has 19 heavy (non-hydrogen) atoms. The van der Waals surface area contributed by atoms with Gasteiger partial charge in [0.05, 0.1) is 31.1 Å². The molecule has 4 heterocycles. The minimum atomic E-state index is 0.390. The predicted molar refractivity (Wildman–Crippen MR) is 71.5 cm³/mol. The van der Waals surface area contributed by atoms with E-state index in [-0.39, 0.29) is 0 Å². The Balaban J connectivity index is 1.68. The van der Waals surface area contributed by atoms with Gasteiger partial charge < -0.3 is 4.74 Å². The van der Waals surface area contributed by atoms with Crippen LogP contribution < -0.4 is 0 Å².